The average Bonchev–Trinajstić information content (AvgIpc) is 3.03. The fraction of sp³-hybridized carbons (Fsp3) is 0.667. The number of hydrogen-bond acceptors (Lipinski definition) is 10. The Balaban J connectivity index is 1.05. The molecule has 10 nitrogen and oxygen atoms in total. The number of carbonyl (C=O) groups is 1. The van der Waals surface area contributed by atoms with Gasteiger partial charge in [-0.2, -0.15) is 8.42 Å². The van der Waals surface area contributed by atoms with Crippen LogP contribution in [0.15, 0.2) is 41.6 Å². The van der Waals surface area contributed by atoms with E-state index in [9.17, 15) is 13.2 Å². The molecule has 1 spiro atoms. The Morgan fingerprint density at radius 3 is 2.27 bits per heavy atom. The Labute approximate surface area is 263 Å². The highest BCUT2D eigenvalue weighted by Gasteiger charge is 2.51. The third-order valence-corrected chi connectivity index (χ3v) is 11.0. The van der Waals surface area contributed by atoms with Crippen molar-refractivity contribution in [3.8, 4) is 0 Å². The number of anilines is 2. The van der Waals surface area contributed by atoms with Crippen molar-refractivity contribution in [2.45, 2.75) is 102 Å². The highest BCUT2D eigenvalue weighted by molar-refractivity contribution is 7.86. The predicted molar refractivity (Wildman–Crippen MR) is 171 cm³/mol. The molecular formula is C33H49N5O5S. The summed E-state index contributed by atoms with van der Waals surface area (Å²) in [6.07, 6.45) is 13.1. The Kier molecular flexibility index (Phi) is 10.8. The number of ether oxygens (including phenoxy) is 1. The Bertz CT molecular complexity index is 1320. The first kappa shape index (κ1) is 32.6. The van der Waals surface area contributed by atoms with Crippen molar-refractivity contribution in [2.75, 3.05) is 42.5 Å². The molecule has 1 N–H and O–H groups in total. The van der Waals surface area contributed by atoms with E-state index in [1.165, 1.54) is 25.7 Å². The van der Waals surface area contributed by atoms with E-state index in [0.717, 1.165) is 56.6 Å². The summed E-state index contributed by atoms with van der Waals surface area (Å²) in [4.78, 5) is 26.7. The first-order valence-electron chi connectivity index (χ1n) is 16.4. The van der Waals surface area contributed by atoms with Crippen molar-refractivity contribution in [3.05, 3.63) is 42.2 Å². The Morgan fingerprint density at radius 2 is 1.66 bits per heavy atom. The number of unbranched alkanes of at least 4 members (excludes halogenated alkanes) is 4. The normalized spacial score (nSPS) is 21.2. The molecule has 3 saturated heterocycles. The summed E-state index contributed by atoms with van der Waals surface area (Å²) in [6.45, 7) is 9.98. The molecule has 0 aliphatic carbocycles. The van der Waals surface area contributed by atoms with Crippen LogP contribution >= 0.6 is 0 Å². The number of piperidine rings is 2. The first-order valence-corrected chi connectivity index (χ1v) is 17.9. The van der Waals surface area contributed by atoms with Crippen LogP contribution in [0.1, 0.15) is 83.6 Å². The van der Waals surface area contributed by atoms with Crippen molar-refractivity contribution in [3.63, 3.8) is 0 Å². The molecule has 11 heteroatoms. The van der Waals surface area contributed by atoms with Crippen LogP contribution in [-0.4, -0.2) is 69.4 Å². The zero-order valence-electron chi connectivity index (χ0n) is 26.5. The number of benzene rings is 1. The Morgan fingerprint density at radius 1 is 1.00 bits per heavy atom. The van der Waals surface area contributed by atoms with Crippen LogP contribution < -0.4 is 15.1 Å². The maximum absolute atomic E-state index is 12.8. The van der Waals surface area contributed by atoms with E-state index in [0.29, 0.717) is 31.9 Å². The molecule has 3 fully saturated rings. The van der Waals surface area contributed by atoms with E-state index in [1.54, 1.807) is 24.3 Å². The molecular weight excluding hydrogens is 578 g/mol. The second kappa shape index (κ2) is 14.6. The molecule has 0 amide bonds. The molecule has 242 valence electrons. The van der Waals surface area contributed by atoms with Gasteiger partial charge in [-0.3, -0.25) is 14.3 Å². The maximum atomic E-state index is 12.8. The minimum Gasteiger partial charge on any atom is -0.446 e. The smallest absolute Gasteiger partial charge is 0.310 e. The van der Waals surface area contributed by atoms with Crippen molar-refractivity contribution >= 4 is 27.7 Å². The van der Waals surface area contributed by atoms with Gasteiger partial charge in [0.15, 0.2) is 6.23 Å². The van der Waals surface area contributed by atoms with Crippen LogP contribution in [0.4, 0.5) is 11.6 Å². The fourth-order valence-electron chi connectivity index (χ4n) is 6.43. The van der Waals surface area contributed by atoms with Crippen LogP contribution in [0.5, 0.6) is 0 Å². The maximum Gasteiger partial charge on any atom is 0.310 e. The van der Waals surface area contributed by atoms with Gasteiger partial charge in [-0.05, 0) is 51.2 Å². The van der Waals surface area contributed by atoms with Gasteiger partial charge in [0.05, 0.1) is 35.0 Å². The second-order valence-corrected chi connectivity index (χ2v) is 14.5. The molecule has 2 aromatic rings. The molecule has 0 radical (unpaired) electrons. The van der Waals surface area contributed by atoms with E-state index in [-0.39, 0.29) is 34.5 Å². The predicted octanol–water partition coefficient (Wildman–Crippen LogP) is 5.22. The lowest BCUT2D eigenvalue weighted by Gasteiger charge is -2.53. The van der Waals surface area contributed by atoms with Crippen LogP contribution in [0, 0.1) is 18.3 Å². The van der Waals surface area contributed by atoms with Gasteiger partial charge in [0.2, 0.25) is 5.95 Å². The van der Waals surface area contributed by atoms with Crippen molar-refractivity contribution in [1.82, 2.24) is 15.3 Å². The summed E-state index contributed by atoms with van der Waals surface area (Å²) in [7, 11) is -3.78. The van der Waals surface area contributed by atoms with Crippen molar-refractivity contribution in [2.24, 2.45) is 11.3 Å². The molecule has 2 unspecified atom stereocenters. The fourth-order valence-corrected chi connectivity index (χ4v) is 7.56. The monoisotopic (exact) mass is 627 g/mol. The van der Waals surface area contributed by atoms with Gasteiger partial charge in [0.1, 0.15) is 0 Å². The molecule has 3 aliphatic heterocycles. The summed E-state index contributed by atoms with van der Waals surface area (Å²) in [5.74, 6) is 0.568. The molecule has 1 aromatic carbocycles. The number of esters is 1. The van der Waals surface area contributed by atoms with E-state index in [2.05, 4.69) is 32.0 Å². The van der Waals surface area contributed by atoms with Crippen LogP contribution in [-0.2, 0) is 23.8 Å². The minimum atomic E-state index is -3.78. The van der Waals surface area contributed by atoms with E-state index >= 15 is 0 Å². The summed E-state index contributed by atoms with van der Waals surface area (Å²) in [6, 6.07) is 6.74. The molecule has 4 heterocycles. The molecule has 0 bridgehead atoms. The van der Waals surface area contributed by atoms with Crippen molar-refractivity contribution < 1.29 is 22.1 Å². The number of nitrogens with one attached hydrogen (secondary N) is 1. The standard InChI is InChI=1S/C33H49N5O5S/c1-4-5-6-7-8-9-26(3)30(39)42-31-33(24-36-31)16-20-38(21-17-33)32-34-22-27(23-35-32)37-18-14-28(15-19-37)43-44(40,41)29-12-10-25(2)11-13-29/h10-13,22-23,26,28,31,36H,4-9,14-21,24H2,1-3H3. The lowest BCUT2D eigenvalue weighted by Crippen LogP contribution is -2.67. The van der Waals surface area contributed by atoms with E-state index < -0.39 is 10.1 Å². The van der Waals surface area contributed by atoms with Gasteiger partial charge in [0, 0.05) is 38.1 Å². The number of rotatable bonds is 13. The SMILES string of the molecule is CCCCCCCC(C)C(=O)OC1NCC12CCN(c1ncc(N3CCC(OS(=O)(=O)c4ccc(C)cc4)CC3)cn1)CC2. The third-order valence-electron chi connectivity index (χ3n) is 9.62. The number of carbonyl (C=O) groups excluding carboxylic acids is 1. The highest BCUT2D eigenvalue weighted by atomic mass is 32.2. The number of nitrogens with zero attached hydrogens (tertiary/aromatic N) is 4. The summed E-state index contributed by atoms with van der Waals surface area (Å²) in [5.41, 5.74) is 1.92. The van der Waals surface area contributed by atoms with Gasteiger partial charge >= 0.3 is 5.97 Å². The van der Waals surface area contributed by atoms with Gasteiger partial charge < -0.3 is 14.5 Å². The second-order valence-electron chi connectivity index (χ2n) is 12.9. The zero-order valence-corrected chi connectivity index (χ0v) is 27.4. The topological polar surface area (TPSA) is 114 Å². The summed E-state index contributed by atoms with van der Waals surface area (Å²) >= 11 is 0. The Hall–Kier alpha value is -2.76. The number of aryl methyl sites for hydroxylation is 1. The number of aromatic nitrogens is 2. The molecule has 2 atom stereocenters. The molecule has 3 aliphatic rings. The first-order chi connectivity index (χ1) is 21.2. The average molecular weight is 628 g/mol. The van der Waals surface area contributed by atoms with Crippen LogP contribution in [0.3, 0.4) is 0 Å². The molecule has 5 rings (SSSR count). The van der Waals surface area contributed by atoms with Crippen LogP contribution in [0.2, 0.25) is 0 Å². The minimum absolute atomic E-state index is 0.00765. The lowest BCUT2D eigenvalue weighted by molar-refractivity contribution is -0.179. The van der Waals surface area contributed by atoms with E-state index in [4.69, 9.17) is 8.92 Å². The molecule has 0 saturated carbocycles. The van der Waals surface area contributed by atoms with Gasteiger partial charge in [-0.25, -0.2) is 9.97 Å². The van der Waals surface area contributed by atoms with Crippen LogP contribution in [0.25, 0.3) is 0 Å². The quantitative estimate of drug-likeness (QED) is 0.180. The highest BCUT2D eigenvalue weighted by Crippen LogP contribution is 2.42. The lowest BCUT2D eigenvalue weighted by atomic mass is 9.71. The molecule has 1 aromatic heterocycles. The van der Waals surface area contributed by atoms with Crippen molar-refractivity contribution in [1.29, 1.82) is 0 Å². The summed E-state index contributed by atoms with van der Waals surface area (Å²) in [5, 5.41) is 3.36. The molecule has 44 heavy (non-hydrogen) atoms. The summed E-state index contributed by atoms with van der Waals surface area (Å²) < 4.78 is 36.9. The zero-order chi connectivity index (χ0) is 31.2. The van der Waals surface area contributed by atoms with Gasteiger partial charge in [-0.1, -0.05) is 63.6 Å². The van der Waals surface area contributed by atoms with E-state index in [1.807, 2.05) is 26.2 Å². The largest absolute Gasteiger partial charge is 0.446 e. The van der Waals surface area contributed by atoms with Gasteiger partial charge in [-0.15, -0.1) is 0 Å². The third kappa shape index (κ3) is 7.90. The van der Waals surface area contributed by atoms with Gasteiger partial charge in [0.25, 0.3) is 10.1 Å². The number of hydrogen-bond donors (Lipinski definition) is 1.